The van der Waals surface area contributed by atoms with Crippen molar-refractivity contribution >= 4 is 18.5 Å². The van der Waals surface area contributed by atoms with Gasteiger partial charge < -0.3 is 4.90 Å². The van der Waals surface area contributed by atoms with Crippen LogP contribution in [0.1, 0.15) is 30.6 Å². The van der Waals surface area contributed by atoms with Gasteiger partial charge in [0.1, 0.15) is 0 Å². The zero-order valence-electron chi connectivity index (χ0n) is 9.73. The van der Waals surface area contributed by atoms with E-state index in [1.54, 1.807) is 0 Å². The molecule has 1 aliphatic heterocycles. The topological polar surface area (TPSA) is 20.3 Å². The highest BCUT2D eigenvalue weighted by atomic mass is 32.1. The van der Waals surface area contributed by atoms with Crippen LogP contribution in [0.4, 0.5) is 0 Å². The first kappa shape index (κ1) is 11.5. The van der Waals surface area contributed by atoms with Crippen LogP contribution in [0, 0.1) is 5.41 Å². The van der Waals surface area contributed by atoms with Gasteiger partial charge in [-0.15, -0.1) is 12.6 Å². The lowest BCUT2D eigenvalue weighted by Crippen LogP contribution is -2.30. The molecular weight excluding hydrogens is 218 g/mol. The maximum Gasteiger partial charge on any atom is 0.254 e. The van der Waals surface area contributed by atoms with E-state index in [2.05, 4.69) is 26.5 Å². The summed E-state index contributed by atoms with van der Waals surface area (Å²) in [6, 6.07) is 7.48. The summed E-state index contributed by atoms with van der Waals surface area (Å²) >= 11 is 4.33. The zero-order valence-corrected chi connectivity index (χ0v) is 10.6. The minimum absolute atomic E-state index is 0.108. The molecule has 3 heteroatoms. The largest absolute Gasteiger partial charge is 0.338 e. The summed E-state index contributed by atoms with van der Waals surface area (Å²) in [6.07, 6.45) is 1.08. The van der Waals surface area contributed by atoms with Crippen molar-refractivity contribution < 1.29 is 4.79 Å². The van der Waals surface area contributed by atoms with Gasteiger partial charge in [0.15, 0.2) is 0 Å². The molecule has 1 aromatic rings. The van der Waals surface area contributed by atoms with Gasteiger partial charge in [0.2, 0.25) is 0 Å². The summed E-state index contributed by atoms with van der Waals surface area (Å²) in [7, 11) is 0. The number of rotatable bonds is 1. The van der Waals surface area contributed by atoms with Crippen molar-refractivity contribution in [3.63, 3.8) is 0 Å². The second kappa shape index (κ2) is 4.13. The molecular formula is C13H17NOS. The third-order valence-electron chi connectivity index (χ3n) is 3.10. The number of likely N-dealkylation sites (tertiary alicyclic amines) is 1. The third-order valence-corrected chi connectivity index (χ3v) is 3.49. The van der Waals surface area contributed by atoms with E-state index < -0.39 is 0 Å². The fourth-order valence-electron chi connectivity index (χ4n) is 2.11. The molecule has 1 heterocycles. The first-order chi connectivity index (χ1) is 7.49. The molecule has 1 fully saturated rings. The minimum atomic E-state index is 0.108. The Balaban J connectivity index is 2.18. The van der Waals surface area contributed by atoms with E-state index >= 15 is 0 Å². The normalized spacial score (nSPS) is 18.8. The van der Waals surface area contributed by atoms with Crippen LogP contribution in [0.2, 0.25) is 0 Å². The van der Waals surface area contributed by atoms with Crippen molar-refractivity contribution in [1.29, 1.82) is 0 Å². The summed E-state index contributed by atoms with van der Waals surface area (Å²) in [5.41, 5.74) is 0.963. The quantitative estimate of drug-likeness (QED) is 0.742. The van der Waals surface area contributed by atoms with Crippen molar-refractivity contribution in [2.45, 2.75) is 25.2 Å². The molecule has 0 saturated carbocycles. The molecule has 0 radical (unpaired) electrons. The molecule has 2 nitrogen and oxygen atoms in total. The SMILES string of the molecule is CC1(C)CCN(C(=O)c2ccccc2S)C1. The van der Waals surface area contributed by atoms with Crippen LogP contribution in [0.5, 0.6) is 0 Å². The molecule has 1 amide bonds. The lowest BCUT2D eigenvalue weighted by atomic mass is 9.93. The van der Waals surface area contributed by atoms with E-state index in [0.29, 0.717) is 5.56 Å². The lowest BCUT2D eigenvalue weighted by Gasteiger charge is -2.20. The molecule has 1 saturated heterocycles. The second-order valence-corrected chi connectivity index (χ2v) is 5.64. The Labute approximate surface area is 102 Å². The number of hydrogen-bond acceptors (Lipinski definition) is 2. The van der Waals surface area contributed by atoms with E-state index in [0.717, 1.165) is 24.4 Å². The van der Waals surface area contributed by atoms with Crippen molar-refractivity contribution in [2.24, 2.45) is 5.41 Å². The van der Waals surface area contributed by atoms with Gasteiger partial charge in [-0.05, 0) is 24.0 Å². The maximum absolute atomic E-state index is 12.2. The van der Waals surface area contributed by atoms with Gasteiger partial charge in [0.25, 0.3) is 5.91 Å². The smallest absolute Gasteiger partial charge is 0.254 e. The van der Waals surface area contributed by atoms with E-state index in [9.17, 15) is 4.79 Å². The molecule has 0 N–H and O–H groups in total. The van der Waals surface area contributed by atoms with E-state index in [1.807, 2.05) is 29.2 Å². The molecule has 1 aromatic carbocycles. The Morgan fingerprint density at radius 2 is 2.06 bits per heavy atom. The second-order valence-electron chi connectivity index (χ2n) is 5.16. The minimum Gasteiger partial charge on any atom is -0.338 e. The number of thiol groups is 1. The van der Waals surface area contributed by atoms with Gasteiger partial charge >= 0.3 is 0 Å². The van der Waals surface area contributed by atoms with Crippen LogP contribution in [0.15, 0.2) is 29.2 Å². The third kappa shape index (κ3) is 2.24. The number of hydrogen-bond donors (Lipinski definition) is 1. The highest BCUT2D eigenvalue weighted by Gasteiger charge is 2.32. The van der Waals surface area contributed by atoms with Gasteiger partial charge in [-0.25, -0.2) is 0 Å². The average Bonchev–Trinajstić information content (AvgIpc) is 2.59. The number of amides is 1. The predicted octanol–water partition coefficient (Wildman–Crippen LogP) is 2.85. The summed E-state index contributed by atoms with van der Waals surface area (Å²) in [4.78, 5) is 14.9. The van der Waals surface area contributed by atoms with Crippen LogP contribution in [-0.4, -0.2) is 23.9 Å². The molecule has 0 bridgehead atoms. The highest BCUT2D eigenvalue weighted by Crippen LogP contribution is 2.30. The summed E-state index contributed by atoms with van der Waals surface area (Å²) in [5, 5.41) is 0. The molecule has 16 heavy (non-hydrogen) atoms. The fourth-order valence-corrected chi connectivity index (χ4v) is 2.37. The fraction of sp³-hybridized carbons (Fsp3) is 0.462. The summed E-state index contributed by atoms with van der Waals surface area (Å²) in [5.74, 6) is 0.108. The van der Waals surface area contributed by atoms with Crippen molar-refractivity contribution in [1.82, 2.24) is 4.90 Å². The molecule has 0 aromatic heterocycles. The molecule has 0 spiro atoms. The van der Waals surface area contributed by atoms with Gasteiger partial charge in [-0.2, -0.15) is 0 Å². The Kier molecular flexibility index (Phi) is 2.98. The predicted molar refractivity (Wildman–Crippen MR) is 68.0 cm³/mol. The molecule has 2 rings (SSSR count). The first-order valence-electron chi connectivity index (χ1n) is 5.57. The van der Waals surface area contributed by atoms with Crippen LogP contribution in [-0.2, 0) is 0 Å². The molecule has 1 aliphatic rings. The zero-order chi connectivity index (χ0) is 11.8. The van der Waals surface area contributed by atoms with Gasteiger partial charge in [0, 0.05) is 18.0 Å². The van der Waals surface area contributed by atoms with E-state index in [1.165, 1.54) is 0 Å². The Hall–Kier alpha value is -0.960. The first-order valence-corrected chi connectivity index (χ1v) is 6.02. The molecule has 0 atom stereocenters. The number of carbonyl (C=O) groups excluding carboxylic acids is 1. The van der Waals surface area contributed by atoms with Crippen LogP contribution >= 0.6 is 12.6 Å². The molecule has 86 valence electrons. The standard InChI is InChI=1S/C13H17NOS/c1-13(2)7-8-14(9-13)12(15)10-5-3-4-6-11(10)16/h3-6,16H,7-9H2,1-2H3. The van der Waals surface area contributed by atoms with Crippen molar-refractivity contribution in [3.8, 4) is 0 Å². The van der Waals surface area contributed by atoms with E-state index in [4.69, 9.17) is 0 Å². The van der Waals surface area contributed by atoms with Crippen molar-refractivity contribution in [2.75, 3.05) is 13.1 Å². The summed E-state index contributed by atoms with van der Waals surface area (Å²) < 4.78 is 0. The number of carbonyl (C=O) groups is 1. The monoisotopic (exact) mass is 235 g/mol. The van der Waals surface area contributed by atoms with Gasteiger partial charge in [-0.1, -0.05) is 26.0 Å². The molecule has 0 unspecified atom stereocenters. The number of benzene rings is 1. The lowest BCUT2D eigenvalue weighted by molar-refractivity contribution is 0.0775. The molecule has 0 aliphatic carbocycles. The van der Waals surface area contributed by atoms with Crippen LogP contribution in [0.3, 0.4) is 0 Å². The Morgan fingerprint density at radius 1 is 1.38 bits per heavy atom. The van der Waals surface area contributed by atoms with Gasteiger partial charge in [-0.3, -0.25) is 4.79 Å². The Bertz CT molecular complexity index is 414. The number of nitrogens with zero attached hydrogens (tertiary/aromatic N) is 1. The van der Waals surface area contributed by atoms with Gasteiger partial charge in [0.05, 0.1) is 5.56 Å². The van der Waals surface area contributed by atoms with Crippen LogP contribution < -0.4 is 0 Å². The summed E-state index contributed by atoms with van der Waals surface area (Å²) in [6.45, 7) is 6.10. The van der Waals surface area contributed by atoms with E-state index in [-0.39, 0.29) is 11.3 Å². The Morgan fingerprint density at radius 3 is 2.62 bits per heavy atom. The van der Waals surface area contributed by atoms with Crippen molar-refractivity contribution in [3.05, 3.63) is 29.8 Å². The maximum atomic E-state index is 12.2. The highest BCUT2D eigenvalue weighted by molar-refractivity contribution is 7.80. The average molecular weight is 235 g/mol. The van der Waals surface area contributed by atoms with Crippen LogP contribution in [0.25, 0.3) is 0 Å².